The van der Waals surface area contributed by atoms with Gasteiger partial charge in [0.2, 0.25) is 0 Å². The van der Waals surface area contributed by atoms with Gasteiger partial charge in [0.15, 0.2) is 0 Å². The lowest BCUT2D eigenvalue weighted by Crippen LogP contribution is -2.40. The van der Waals surface area contributed by atoms with Crippen LogP contribution in [0.2, 0.25) is 0 Å². The van der Waals surface area contributed by atoms with E-state index < -0.39 is 17.8 Å². The van der Waals surface area contributed by atoms with Crippen molar-refractivity contribution in [1.82, 2.24) is 10.3 Å². The van der Waals surface area contributed by atoms with Crippen LogP contribution >= 0.6 is 0 Å². The minimum absolute atomic E-state index is 0.0210. The van der Waals surface area contributed by atoms with E-state index in [1.807, 2.05) is 12.1 Å². The van der Waals surface area contributed by atoms with Crippen molar-refractivity contribution in [1.29, 1.82) is 0 Å². The fraction of sp³-hybridized carbons (Fsp3) is 0.455. The first-order chi connectivity index (χ1) is 14.8. The number of nitrogens with zero attached hydrogens (tertiary/aromatic N) is 1. The quantitative estimate of drug-likeness (QED) is 0.639. The topological polar surface area (TPSA) is 72.5 Å². The summed E-state index contributed by atoms with van der Waals surface area (Å²) in [5.74, 6) is 0.582. The Balaban J connectivity index is 1.44. The Morgan fingerprint density at radius 3 is 2.61 bits per heavy atom. The summed E-state index contributed by atoms with van der Waals surface area (Å²) in [7, 11) is 1.34. The number of benzene rings is 1. The lowest BCUT2D eigenvalue weighted by Gasteiger charge is -2.29. The Morgan fingerprint density at radius 1 is 1.19 bits per heavy atom. The van der Waals surface area contributed by atoms with Crippen LogP contribution in [0.15, 0.2) is 42.7 Å². The number of pyridine rings is 1. The number of carbonyl (C=O) groups excluding carboxylic acids is 1. The van der Waals surface area contributed by atoms with Gasteiger partial charge in [-0.05, 0) is 61.4 Å². The summed E-state index contributed by atoms with van der Waals surface area (Å²) in [6, 6.07) is 6.23. The van der Waals surface area contributed by atoms with E-state index in [0.717, 1.165) is 43.4 Å². The van der Waals surface area contributed by atoms with E-state index in [2.05, 4.69) is 15.6 Å². The van der Waals surface area contributed by atoms with Crippen LogP contribution in [-0.2, 0) is 17.5 Å². The Hall–Kier alpha value is -2.81. The van der Waals surface area contributed by atoms with Crippen molar-refractivity contribution in [3.05, 3.63) is 53.9 Å². The molecule has 1 heterocycles. The molecule has 0 spiro atoms. The molecule has 0 bridgehead atoms. The molecular weight excluding hydrogens is 411 g/mol. The van der Waals surface area contributed by atoms with Crippen LogP contribution in [0.5, 0.6) is 5.75 Å². The summed E-state index contributed by atoms with van der Waals surface area (Å²) in [6.07, 6.45) is 2.38. The zero-order chi connectivity index (χ0) is 22.3. The molecule has 31 heavy (non-hydrogen) atoms. The highest BCUT2D eigenvalue weighted by atomic mass is 19.4. The fourth-order valence-electron chi connectivity index (χ4n) is 3.63. The lowest BCUT2D eigenvalue weighted by atomic mass is 9.86. The molecule has 2 aromatic rings. The molecule has 2 N–H and O–H groups in total. The summed E-state index contributed by atoms with van der Waals surface area (Å²) in [5, 5.41) is 5.32. The molecular formula is C22H26F3N3O3. The molecule has 3 rings (SSSR count). The van der Waals surface area contributed by atoms with Crippen molar-refractivity contribution in [3.8, 4) is 5.75 Å². The predicted octanol–water partition coefficient (Wildman–Crippen LogP) is 5.01. The molecule has 1 fully saturated rings. The van der Waals surface area contributed by atoms with Crippen LogP contribution in [0.1, 0.15) is 36.8 Å². The smallest absolute Gasteiger partial charge is 0.416 e. The van der Waals surface area contributed by atoms with Crippen molar-refractivity contribution in [2.75, 3.05) is 19.0 Å². The SMILES string of the molecule is COc1ccc(C(F)(F)F)cc1NC(=O)N[C@H]1CC[C@H](COCc2cccnc2)CC1. The highest BCUT2D eigenvalue weighted by molar-refractivity contribution is 5.91. The molecule has 0 atom stereocenters. The molecule has 6 nitrogen and oxygen atoms in total. The summed E-state index contributed by atoms with van der Waals surface area (Å²) in [4.78, 5) is 16.4. The minimum atomic E-state index is -4.50. The van der Waals surface area contributed by atoms with E-state index in [4.69, 9.17) is 9.47 Å². The van der Waals surface area contributed by atoms with Gasteiger partial charge in [-0.3, -0.25) is 4.98 Å². The first kappa shape index (κ1) is 22.9. The van der Waals surface area contributed by atoms with E-state index in [-0.39, 0.29) is 17.5 Å². The summed E-state index contributed by atoms with van der Waals surface area (Å²) < 4.78 is 49.7. The number of urea groups is 1. The minimum Gasteiger partial charge on any atom is -0.495 e. The number of rotatable bonds is 7. The molecule has 0 aliphatic heterocycles. The van der Waals surface area contributed by atoms with E-state index in [0.29, 0.717) is 19.1 Å². The van der Waals surface area contributed by atoms with E-state index >= 15 is 0 Å². The van der Waals surface area contributed by atoms with Gasteiger partial charge in [0.05, 0.1) is 25.0 Å². The van der Waals surface area contributed by atoms with E-state index in [1.54, 1.807) is 12.4 Å². The number of anilines is 1. The predicted molar refractivity (Wildman–Crippen MR) is 110 cm³/mol. The average molecular weight is 437 g/mol. The second-order valence-corrected chi connectivity index (χ2v) is 7.61. The normalized spacial score (nSPS) is 19.0. The molecule has 9 heteroatoms. The van der Waals surface area contributed by atoms with Crippen molar-refractivity contribution in [2.24, 2.45) is 5.92 Å². The van der Waals surface area contributed by atoms with Gasteiger partial charge in [0.1, 0.15) is 5.75 Å². The second-order valence-electron chi connectivity index (χ2n) is 7.61. The second kappa shape index (κ2) is 10.5. The number of nitrogens with one attached hydrogen (secondary N) is 2. The van der Waals surface area contributed by atoms with Gasteiger partial charge in [-0.15, -0.1) is 0 Å². The zero-order valence-corrected chi connectivity index (χ0v) is 17.2. The number of amides is 2. The maximum atomic E-state index is 13.0. The number of hydrogen-bond donors (Lipinski definition) is 2. The molecule has 1 aromatic heterocycles. The number of hydrogen-bond acceptors (Lipinski definition) is 4. The van der Waals surface area contributed by atoms with Crippen molar-refractivity contribution >= 4 is 11.7 Å². The van der Waals surface area contributed by atoms with Gasteiger partial charge in [0, 0.05) is 25.0 Å². The molecule has 1 aliphatic carbocycles. The third-order valence-corrected chi connectivity index (χ3v) is 5.30. The van der Waals surface area contributed by atoms with Crippen LogP contribution in [0.4, 0.5) is 23.7 Å². The number of ether oxygens (including phenoxy) is 2. The molecule has 1 aromatic carbocycles. The summed E-state index contributed by atoms with van der Waals surface area (Å²) in [6.45, 7) is 1.17. The van der Waals surface area contributed by atoms with Crippen LogP contribution < -0.4 is 15.4 Å². The summed E-state index contributed by atoms with van der Waals surface area (Å²) >= 11 is 0. The van der Waals surface area contributed by atoms with E-state index in [1.165, 1.54) is 13.2 Å². The zero-order valence-electron chi connectivity index (χ0n) is 17.2. The molecule has 0 unspecified atom stereocenters. The van der Waals surface area contributed by atoms with Gasteiger partial charge < -0.3 is 20.1 Å². The Morgan fingerprint density at radius 2 is 1.97 bits per heavy atom. The van der Waals surface area contributed by atoms with Gasteiger partial charge in [-0.25, -0.2) is 4.79 Å². The maximum absolute atomic E-state index is 13.0. The van der Waals surface area contributed by atoms with Crippen LogP contribution in [0.3, 0.4) is 0 Å². The molecule has 1 aliphatic rings. The fourth-order valence-corrected chi connectivity index (χ4v) is 3.63. The highest BCUT2D eigenvalue weighted by Crippen LogP contribution is 2.35. The molecule has 168 valence electrons. The van der Waals surface area contributed by atoms with Gasteiger partial charge in [-0.1, -0.05) is 6.07 Å². The first-order valence-corrected chi connectivity index (χ1v) is 10.1. The average Bonchev–Trinajstić information content (AvgIpc) is 2.75. The maximum Gasteiger partial charge on any atom is 0.416 e. The number of aromatic nitrogens is 1. The highest BCUT2D eigenvalue weighted by Gasteiger charge is 2.31. The molecule has 1 saturated carbocycles. The van der Waals surface area contributed by atoms with Gasteiger partial charge in [-0.2, -0.15) is 13.2 Å². The Labute approximate surface area is 179 Å². The first-order valence-electron chi connectivity index (χ1n) is 10.1. The molecule has 2 amide bonds. The van der Waals surface area contributed by atoms with Crippen LogP contribution in [0, 0.1) is 5.92 Å². The van der Waals surface area contributed by atoms with Crippen molar-refractivity contribution in [2.45, 2.75) is 44.5 Å². The third kappa shape index (κ3) is 6.85. The largest absolute Gasteiger partial charge is 0.495 e. The molecule has 0 radical (unpaired) electrons. The standard InChI is InChI=1S/C22H26F3N3O3/c1-30-20-9-6-17(22(23,24)25)11-19(20)28-21(29)27-18-7-4-15(5-8-18)13-31-14-16-3-2-10-26-12-16/h2-3,6,9-12,15,18H,4-5,7-8,13-14H2,1H3,(H2,27,28,29)/t15-,18-. The number of carbonyl (C=O) groups is 1. The monoisotopic (exact) mass is 437 g/mol. The van der Waals surface area contributed by atoms with Gasteiger partial charge >= 0.3 is 12.2 Å². The van der Waals surface area contributed by atoms with Crippen LogP contribution in [0.25, 0.3) is 0 Å². The number of methoxy groups -OCH3 is 1. The number of alkyl halides is 3. The molecule has 0 saturated heterocycles. The van der Waals surface area contributed by atoms with Gasteiger partial charge in [0.25, 0.3) is 0 Å². The Kier molecular flexibility index (Phi) is 7.73. The number of halogens is 3. The third-order valence-electron chi connectivity index (χ3n) is 5.30. The van der Waals surface area contributed by atoms with Crippen molar-refractivity contribution in [3.63, 3.8) is 0 Å². The van der Waals surface area contributed by atoms with E-state index in [9.17, 15) is 18.0 Å². The lowest BCUT2D eigenvalue weighted by molar-refractivity contribution is -0.137. The van der Waals surface area contributed by atoms with Crippen molar-refractivity contribution < 1.29 is 27.4 Å². The van der Waals surface area contributed by atoms with Crippen LogP contribution in [-0.4, -0.2) is 30.8 Å². The Bertz CT molecular complexity index is 854. The summed E-state index contributed by atoms with van der Waals surface area (Å²) in [5.41, 5.74) is 0.155.